The van der Waals surface area contributed by atoms with Crippen LogP contribution in [0.15, 0.2) is 30.5 Å². The number of aromatic nitrogens is 1. The number of carboxylic acid groups (broad SMARTS) is 1. The lowest BCUT2D eigenvalue weighted by molar-refractivity contribution is -0.143. The molecular weight excluding hydrogens is 410 g/mol. The molecule has 9 nitrogen and oxygen atoms in total. The first-order chi connectivity index (χ1) is 15.3. The number of carbonyl (C=O) groups is 3. The van der Waals surface area contributed by atoms with Crippen LogP contribution in [0.1, 0.15) is 45.1 Å². The topological polar surface area (TPSA) is 163 Å². The number of H-pyrrole nitrogens is 1. The van der Waals surface area contributed by atoms with E-state index in [2.05, 4.69) is 15.6 Å². The van der Waals surface area contributed by atoms with Crippen LogP contribution >= 0.6 is 0 Å². The number of nitrogens with two attached hydrogens (primary N) is 2. The van der Waals surface area contributed by atoms with E-state index in [-0.39, 0.29) is 5.92 Å². The molecule has 1 aromatic carbocycles. The van der Waals surface area contributed by atoms with Gasteiger partial charge in [0.1, 0.15) is 12.1 Å². The Kier molecular flexibility index (Phi) is 9.67. The molecule has 0 aliphatic rings. The lowest BCUT2D eigenvalue weighted by atomic mass is 9.98. The van der Waals surface area contributed by atoms with E-state index in [0.29, 0.717) is 38.6 Å². The Balaban J connectivity index is 2.07. The van der Waals surface area contributed by atoms with Crippen molar-refractivity contribution in [3.8, 4) is 0 Å². The highest BCUT2D eigenvalue weighted by Crippen LogP contribution is 2.19. The van der Waals surface area contributed by atoms with Gasteiger partial charge in [0.05, 0.1) is 6.04 Å². The van der Waals surface area contributed by atoms with Crippen molar-refractivity contribution in [2.75, 3.05) is 6.54 Å². The molecule has 2 aromatic rings. The van der Waals surface area contributed by atoms with Crippen molar-refractivity contribution in [3.05, 3.63) is 36.0 Å². The van der Waals surface area contributed by atoms with Gasteiger partial charge in [-0.1, -0.05) is 38.5 Å². The largest absolute Gasteiger partial charge is 0.480 e. The molecule has 0 bridgehead atoms. The molecule has 1 aromatic heterocycles. The standard InChI is InChI=1S/C23H35N5O4/c1-3-14(2)20(23(31)32)28-22(30)19(10-6-7-11-24)27-21(29)17(25)12-15-13-26-18-9-5-4-8-16(15)18/h4-5,8-9,13-14,17,19-20,26H,3,6-7,10-12,24-25H2,1-2H3,(H,27,29)(H,28,30)(H,31,32)/t14-,17-,19-,20-/m0/s1. The average Bonchev–Trinajstić information content (AvgIpc) is 3.18. The number of para-hydroxylation sites is 1. The minimum absolute atomic E-state index is 0.249. The number of carboxylic acids is 1. The van der Waals surface area contributed by atoms with E-state index in [1.54, 1.807) is 6.92 Å². The van der Waals surface area contributed by atoms with Gasteiger partial charge in [0.25, 0.3) is 0 Å². The first-order valence-corrected chi connectivity index (χ1v) is 11.1. The first kappa shape index (κ1) is 25.4. The Labute approximate surface area is 188 Å². The zero-order valence-electron chi connectivity index (χ0n) is 18.8. The molecule has 0 spiro atoms. The normalized spacial score (nSPS) is 15.0. The minimum Gasteiger partial charge on any atom is -0.480 e. The van der Waals surface area contributed by atoms with E-state index in [4.69, 9.17) is 11.5 Å². The summed E-state index contributed by atoms with van der Waals surface area (Å²) in [7, 11) is 0. The summed E-state index contributed by atoms with van der Waals surface area (Å²) in [6.07, 6.45) is 4.38. The Hall–Kier alpha value is -2.91. The summed E-state index contributed by atoms with van der Waals surface area (Å²) in [6, 6.07) is 4.97. The van der Waals surface area contributed by atoms with Gasteiger partial charge in [-0.05, 0) is 49.8 Å². The molecule has 1 heterocycles. The number of aromatic amines is 1. The summed E-state index contributed by atoms with van der Waals surface area (Å²) < 4.78 is 0. The highest BCUT2D eigenvalue weighted by molar-refractivity contribution is 5.92. The third kappa shape index (κ3) is 6.80. The number of nitrogens with one attached hydrogen (secondary N) is 3. The molecule has 0 saturated heterocycles. The van der Waals surface area contributed by atoms with Crippen LogP contribution in [0, 0.1) is 5.92 Å². The van der Waals surface area contributed by atoms with Gasteiger partial charge in [0, 0.05) is 17.1 Å². The summed E-state index contributed by atoms with van der Waals surface area (Å²) in [6.45, 7) is 4.09. The van der Waals surface area contributed by atoms with Crippen LogP contribution in [-0.4, -0.2) is 52.5 Å². The van der Waals surface area contributed by atoms with Crippen LogP contribution in [0.5, 0.6) is 0 Å². The van der Waals surface area contributed by atoms with Crippen LogP contribution in [-0.2, 0) is 20.8 Å². The van der Waals surface area contributed by atoms with Gasteiger partial charge >= 0.3 is 5.97 Å². The second-order valence-corrected chi connectivity index (χ2v) is 8.23. The number of aliphatic carboxylic acids is 1. The molecule has 2 rings (SSSR count). The third-order valence-electron chi connectivity index (χ3n) is 5.81. The maximum absolute atomic E-state index is 12.9. The maximum Gasteiger partial charge on any atom is 0.326 e. The van der Waals surface area contributed by atoms with Crippen molar-refractivity contribution < 1.29 is 19.5 Å². The molecule has 8 N–H and O–H groups in total. The summed E-state index contributed by atoms with van der Waals surface area (Å²) in [4.78, 5) is 40.4. The lowest BCUT2D eigenvalue weighted by Crippen LogP contribution is -2.55. The van der Waals surface area contributed by atoms with Gasteiger partial charge in [-0.3, -0.25) is 9.59 Å². The van der Waals surface area contributed by atoms with Crippen LogP contribution in [0.2, 0.25) is 0 Å². The first-order valence-electron chi connectivity index (χ1n) is 11.1. The third-order valence-corrected chi connectivity index (χ3v) is 5.81. The second kappa shape index (κ2) is 12.2. The van der Waals surface area contributed by atoms with Gasteiger partial charge in [-0.25, -0.2) is 4.79 Å². The number of fused-ring (bicyclic) bond motifs is 1. The maximum atomic E-state index is 12.9. The van der Waals surface area contributed by atoms with Crippen LogP contribution < -0.4 is 22.1 Å². The Morgan fingerprint density at radius 3 is 2.50 bits per heavy atom. The molecule has 0 aliphatic heterocycles. The molecule has 4 atom stereocenters. The van der Waals surface area contributed by atoms with Crippen LogP contribution in [0.3, 0.4) is 0 Å². The van der Waals surface area contributed by atoms with E-state index in [1.807, 2.05) is 37.4 Å². The van der Waals surface area contributed by atoms with Gasteiger partial charge in [-0.2, -0.15) is 0 Å². The lowest BCUT2D eigenvalue weighted by Gasteiger charge is -2.25. The second-order valence-electron chi connectivity index (χ2n) is 8.23. The number of amides is 2. The molecular formula is C23H35N5O4. The molecule has 0 unspecified atom stereocenters. The van der Waals surface area contributed by atoms with Crippen molar-refractivity contribution in [1.29, 1.82) is 0 Å². The predicted octanol–water partition coefficient (Wildman–Crippen LogP) is 1.27. The van der Waals surface area contributed by atoms with Gasteiger partial charge < -0.3 is 32.2 Å². The van der Waals surface area contributed by atoms with E-state index < -0.39 is 35.9 Å². The summed E-state index contributed by atoms with van der Waals surface area (Å²) in [5.74, 6) is -2.34. The van der Waals surface area contributed by atoms with Gasteiger partial charge in [0.15, 0.2) is 0 Å². The number of carbonyl (C=O) groups excluding carboxylic acids is 2. The predicted molar refractivity (Wildman–Crippen MR) is 124 cm³/mol. The van der Waals surface area contributed by atoms with Crippen molar-refractivity contribution in [2.45, 2.75) is 64.1 Å². The fourth-order valence-corrected chi connectivity index (χ4v) is 3.61. The molecule has 0 fully saturated rings. The van der Waals surface area contributed by atoms with Gasteiger partial charge in [0.2, 0.25) is 11.8 Å². The molecule has 9 heteroatoms. The van der Waals surface area contributed by atoms with Crippen molar-refractivity contribution in [3.63, 3.8) is 0 Å². The Morgan fingerprint density at radius 2 is 1.84 bits per heavy atom. The van der Waals surface area contributed by atoms with Gasteiger partial charge in [-0.15, -0.1) is 0 Å². The number of benzene rings is 1. The molecule has 32 heavy (non-hydrogen) atoms. The Morgan fingerprint density at radius 1 is 1.12 bits per heavy atom. The molecule has 176 valence electrons. The van der Waals surface area contributed by atoms with E-state index in [9.17, 15) is 19.5 Å². The van der Waals surface area contributed by atoms with E-state index in [1.165, 1.54) is 0 Å². The number of hydrogen-bond donors (Lipinski definition) is 6. The summed E-state index contributed by atoms with van der Waals surface area (Å²) in [5, 5.41) is 15.8. The van der Waals surface area contributed by atoms with Crippen molar-refractivity contribution >= 4 is 28.7 Å². The average molecular weight is 446 g/mol. The SMILES string of the molecule is CC[C@H](C)[C@H](NC(=O)[C@H](CCCCN)NC(=O)[C@@H](N)Cc1c[nH]c2ccccc12)C(=O)O. The highest BCUT2D eigenvalue weighted by Gasteiger charge is 2.30. The van der Waals surface area contributed by atoms with Crippen LogP contribution in [0.25, 0.3) is 10.9 Å². The van der Waals surface area contributed by atoms with Crippen molar-refractivity contribution in [2.24, 2.45) is 17.4 Å². The fraction of sp³-hybridized carbons (Fsp3) is 0.522. The zero-order chi connectivity index (χ0) is 23.7. The molecule has 2 amide bonds. The zero-order valence-corrected chi connectivity index (χ0v) is 18.8. The molecule has 0 saturated carbocycles. The number of rotatable bonds is 13. The minimum atomic E-state index is -1.10. The summed E-state index contributed by atoms with van der Waals surface area (Å²) in [5.41, 5.74) is 13.6. The monoisotopic (exact) mass is 445 g/mol. The molecule has 0 aliphatic carbocycles. The van der Waals surface area contributed by atoms with E-state index in [0.717, 1.165) is 16.5 Å². The van der Waals surface area contributed by atoms with Crippen molar-refractivity contribution in [1.82, 2.24) is 15.6 Å². The fourth-order valence-electron chi connectivity index (χ4n) is 3.61. The Bertz CT molecular complexity index is 913. The summed E-state index contributed by atoms with van der Waals surface area (Å²) >= 11 is 0. The highest BCUT2D eigenvalue weighted by atomic mass is 16.4. The number of unbranched alkanes of at least 4 members (excludes halogenated alkanes) is 1. The molecule has 0 radical (unpaired) electrons. The number of hydrogen-bond acceptors (Lipinski definition) is 5. The van der Waals surface area contributed by atoms with Crippen LogP contribution in [0.4, 0.5) is 0 Å². The van der Waals surface area contributed by atoms with E-state index >= 15 is 0 Å². The quantitative estimate of drug-likeness (QED) is 0.254. The smallest absolute Gasteiger partial charge is 0.326 e.